The van der Waals surface area contributed by atoms with Crippen LogP contribution in [0.1, 0.15) is 18.4 Å². The first-order chi connectivity index (χ1) is 9.35. The molecule has 1 aromatic heterocycles. The van der Waals surface area contributed by atoms with Gasteiger partial charge in [-0.25, -0.2) is 4.68 Å². The maximum atomic E-state index is 5.24. The Labute approximate surface area is 113 Å². The molecule has 4 nitrogen and oxygen atoms in total. The minimum absolute atomic E-state index is 0.614. The van der Waals surface area contributed by atoms with Gasteiger partial charge >= 0.3 is 0 Å². The molecule has 0 radical (unpaired) electrons. The predicted molar refractivity (Wildman–Crippen MR) is 74.8 cm³/mol. The zero-order valence-corrected chi connectivity index (χ0v) is 11.2. The van der Waals surface area contributed by atoms with Gasteiger partial charge in [0.2, 0.25) is 0 Å². The number of benzene rings is 1. The van der Waals surface area contributed by atoms with E-state index in [0.717, 1.165) is 24.4 Å². The summed E-state index contributed by atoms with van der Waals surface area (Å²) in [5.74, 6) is 0.854. The number of ether oxygens (including phenoxy) is 1. The van der Waals surface area contributed by atoms with Crippen LogP contribution in [0.3, 0.4) is 0 Å². The first kappa shape index (κ1) is 12.2. The van der Waals surface area contributed by atoms with Crippen molar-refractivity contribution in [1.82, 2.24) is 15.1 Å². The van der Waals surface area contributed by atoms with E-state index in [1.807, 2.05) is 35.1 Å². The van der Waals surface area contributed by atoms with Crippen LogP contribution in [0.2, 0.25) is 0 Å². The fourth-order valence-electron chi connectivity index (χ4n) is 2.58. The van der Waals surface area contributed by atoms with Crippen molar-refractivity contribution in [1.29, 1.82) is 0 Å². The van der Waals surface area contributed by atoms with E-state index in [1.54, 1.807) is 7.11 Å². The minimum Gasteiger partial charge on any atom is -0.497 e. The highest BCUT2D eigenvalue weighted by molar-refractivity contribution is 5.38. The SMILES string of the molecule is COc1cccc(-n2cc(CC3CCCN3)cn2)c1. The zero-order valence-electron chi connectivity index (χ0n) is 11.2. The van der Waals surface area contributed by atoms with E-state index in [9.17, 15) is 0 Å². The quantitative estimate of drug-likeness (QED) is 0.912. The van der Waals surface area contributed by atoms with Gasteiger partial charge in [-0.15, -0.1) is 0 Å². The monoisotopic (exact) mass is 257 g/mol. The molecule has 0 bridgehead atoms. The van der Waals surface area contributed by atoms with E-state index in [-0.39, 0.29) is 0 Å². The van der Waals surface area contributed by atoms with Gasteiger partial charge in [0, 0.05) is 18.3 Å². The predicted octanol–water partition coefficient (Wildman–Crippen LogP) is 2.18. The topological polar surface area (TPSA) is 39.1 Å². The van der Waals surface area contributed by atoms with Gasteiger partial charge in [-0.3, -0.25) is 0 Å². The van der Waals surface area contributed by atoms with Crippen molar-refractivity contribution < 1.29 is 4.74 Å². The fraction of sp³-hybridized carbons (Fsp3) is 0.400. The normalized spacial score (nSPS) is 18.7. The Morgan fingerprint density at radius 2 is 2.42 bits per heavy atom. The highest BCUT2D eigenvalue weighted by atomic mass is 16.5. The zero-order chi connectivity index (χ0) is 13.1. The summed E-state index contributed by atoms with van der Waals surface area (Å²) in [6, 6.07) is 8.56. The molecule has 0 amide bonds. The maximum absolute atomic E-state index is 5.24. The van der Waals surface area contributed by atoms with Crippen molar-refractivity contribution in [3.63, 3.8) is 0 Å². The Bertz CT molecular complexity index is 544. The molecule has 4 heteroatoms. The van der Waals surface area contributed by atoms with Crippen LogP contribution < -0.4 is 10.1 Å². The summed E-state index contributed by atoms with van der Waals surface area (Å²) in [5, 5.41) is 7.95. The van der Waals surface area contributed by atoms with Crippen LogP contribution in [0, 0.1) is 0 Å². The van der Waals surface area contributed by atoms with Gasteiger partial charge in [0.25, 0.3) is 0 Å². The van der Waals surface area contributed by atoms with E-state index < -0.39 is 0 Å². The molecule has 2 heterocycles. The van der Waals surface area contributed by atoms with Crippen LogP contribution in [0.5, 0.6) is 5.75 Å². The lowest BCUT2D eigenvalue weighted by Gasteiger charge is -2.07. The number of nitrogens with one attached hydrogen (secondary N) is 1. The summed E-state index contributed by atoms with van der Waals surface area (Å²) in [6.45, 7) is 1.15. The largest absolute Gasteiger partial charge is 0.497 e. The molecule has 2 aromatic rings. The van der Waals surface area contributed by atoms with Crippen molar-refractivity contribution >= 4 is 0 Å². The molecule has 1 aliphatic rings. The first-order valence-electron chi connectivity index (χ1n) is 6.76. The molecule has 1 saturated heterocycles. The number of hydrogen-bond acceptors (Lipinski definition) is 3. The summed E-state index contributed by atoms with van der Waals surface area (Å²) >= 11 is 0. The number of aromatic nitrogens is 2. The number of hydrogen-bond donors (Lipinski definition) is 1. The smallest absolute Gasteiger partial charge is 0.121 e. The second-order valence-corrected chi connectivity index (χ2v) is 4.99. The fourth-order valence-corrected chi connectivity index (χ4v) is 2.58. The Morgan fingerprint density at radius 1 is 1.47 bits per heavy atom. The highest BCUT2D eigenvalue weighted by Gasteiger charge is 2.15. The van der Waals surface area contributed by atoms with Crippen LogP contribution in [-0.2, 0) is 6.42 Å². The summed E-state index contributed by atoms with van der Waals surface area (Å²) in [7, 11) is 1.68. The number of methoxy groups -OCH3 is 1. The van der Waals surface area contributed by atoms with Gasteiger partial charge in [0.15, 0.2) is 0 Å². The van der Waals surface area contributed by atoms with Crippen molar-refractivity contribution in [2.45, 2.75) is 25.3 Å². The van der Waals surface area contributed by atoms with Gasteiger partial charge in [0.1, 0.15) is 5.75 Å². The number of rotatable bonds is 4. The Kier molecular flexibility index (Phi) is 3.51. The van der Waals surface area contributed by atoms with Crippen LogP contribution >= 0.6 is 0 Å². The molecule has 1 fully saturated rings. The second-order valence-electron chi connectivity index (χ2n) is 4.99. The molecule has 0 spiro atoms. The molecule has 3 rings (SSSR count). The lowest BCUT2D eigenvalue weighted by molar-refractivity contribution is 0.414. The van der Waals surface area contributed by atoms with Crippen LogP contribution in [-0.4, -0.2) is 29.5 Å². The molecule has 0 aliphatic carbocycles. The molecule has 1 aromatic carbocycles. The van der Waals surface area contributed by atoms with Crippen LogP contribution in [0.15, 0.2) is 36.7 Å². The Morgan fingerprint density at radius 3 is 3.21 bits per heavy atom. The Balaban J connectivity index is 1.76. The van der Waals surface area contributed by atoms with Gasteiger partial charge in [0.05, 0.1) is 19.0 Å². The third-order valence-corrected chi connectivity index (χ3v) is 3.60. The summed E-state index contributed by atoms with van der Waals surface area (Å²) in [4.78, 5) is 0. The molecule has 1 atom stereocenters. The van der Waals surface area contributed by atoms with Crippen molar-refractivity contribution in [3.05, 3.63) is 42.2 Å². The van der Waals surface area contributed by atoms with E-state index in [2.05, 4.69) is 16.6 Å². The van der Waals surface area contributed by atoms with E-state index >= 15 is 0 Å². The molecule has 1 N–H and O–H groups in total. The summed E-state index contributed by atoms with van der Waals surface area (Å²) in [5.41, 5.74) is 2.31. The van der Waals surface area contributed by atoms with Gasteiger partial charge in [-0.1, -0.05) is 6.07 Å². The molecular formula is C15H19N3O. The minimum atomic E-state index is 0.614. The highest BCUT2D eigenvalue weighted by Crippen LogP contribution is 2.17. The van der Waals surface area contributed by atoms with E-state index in [0.29, 0.717) is 6.04 Å². The standard InChI is InChI=1S/C15H19N3O/c1-19-15-6-2-5-14(9-15)18-11-12(10-17-18)8-13-4-3-7-16-13/h2,5-6,9-11,13,16H,3-4,7-8H2,1H3. The van der Waals surface area contributed by atoms with Crippen molar-refractivity contribution in [2.24, 2.45) is 0 Å². The Hall–Kier alpha value is -1.81. The average Bonchev–Trinajstić information content (AvgIpc) is 3.11. The van der Waals surface area contributed by atoms with Gasteiger partial charge < -0.3 is 10.1 Å². The van der Waals surface area contributed by atoms with Gasteiger partial charge in [-0.05, 0) is 43.5 Å². The maximum Gasteiger partial charge on any atom is 0.121 e. The summed E-state index contributed by atoms with van der Waals surface area (Å²) in [6.07, 6.45) is 7.68. The van der Waals surface area contributed by atoms with E-state index in [1.165, 1.54) is 18.4 Å². The molecule has 1 unspecified atom stereocenters. The lowest BCUT2D eigenvalue weighted by atomic mass is 10.1. The molecule has 19 heavy (non-hydrogen) atoms. The first-order valence-corrected chi connectivity index (χ1v) is 6.76. The third kappa shape index (κ3) is 2.79. The van der Waals surface area contributed by atoms with Crippen LogP contribution in [0.25, 0.3) is 5.69 Å². The lowest BCUT2D eigenvalue weighted by Crippen LogP contribution is -2.23. The van der Waals surface area contributed by atoms with Gasteiger partial charge in [-0.2, -0.15) is 5.10 Å². The molecule has 1 aliphatic heterocycles. The summed E-state index contributed by atoms with van der Waals surface area (Å²) < 4.78 is 7.15. The molecule has 0 saturated carbocycles. The average molecular weight is 257 g/mol. The van der Waals surface area contributed by atoms with E-state index in [4.69, 9.17) is 4.74 Å². The number of nitrogens with zero attached hydrogens (tertiary/aromatic N) is 2. The second kappa shape index (κ2) is 5.45. The van der Waals surface area contributed by atoms with Crippen LogP contribution in [0.4, 0.5) is 0 Å². The van der Waals surface area contributed by atoms with Crippen molar-refractivity contribution in [2.75, 3.05) is 13.7 Å². The molecule has 100 valence electrons. The molecular weight excluding hydrogens is 238 g/mol. The van der Waals surface area contributed by atoms with Crippen molar-refractivity contribution in [3.8, 4) is 11.4 Å². The third-order valence-electron chi connectivity index (χ3n) is 3.60.